The molecule has 0 atom stereocenters. The van der Waals surface area contributed by atoms with Gasteiger partial charge >= 0.3 is 0 Å². The van der Waals surface area contributed by atoms with Crippen molar-refractivity contribution >= 4 is 11.3 Å². The summed E-state index contributed by atoms with van der Waals surface area (Å²) in [6, 6.07) is 10.1. The van der Waals surface area contributed by atoms with Crippen molar-refractivity contribution < 1.29 is 4.42 Å². The number of nitrogens with one attached hydrogen (secondary N) is 1. The number of aromatic amines is 1. The molecule has 0 fully saturated rings. The van der Waals surface area contributed by atoms with E-state index in [9.17, 15) is 0 Å². The van der Waals surface area contributed by atoms with Gasteiger partial charge in [-0.15, -0.1) is 11.3 Å². The van der Waals surface area contributed by atoms with Gasteiger partial charge in [0, 0.05) is 11.8 Å². The molecule has 3 heteroatoms. The largest absolute Gasteiger partial charge is 0.464 e. The fourth-order valence-electron chi connectivity index (χ4n) is 1.63. The van der Waals surface area contributed by atoms with Gasteiger partial charge in [0.15, 0.2) is 0 Å². The standard InChI is InChI=1S/C12H9NOS/c1-3-10(14-7-1)9-5-6-13-12(9)11-4-2-8-15-11/h1-8,13H. The van der Waals surface area contributed by atoms with Crippen LogP contribution in [0.3, 0.4) is 0 Å². The number of hydrogen-bond acceptors (Lipinski definition) is 2. The van der Waals surface area contributed by atoms with Gasteiger partial charge in [-0.3, -0.25) is 0 Å². The Morgan fingerprint density at radius 3 is 2.87 bits per heavy atom. The van der Waals surface area contributed by atoms with Crippen LogP contribution in [0.4, 0.5) is 0 Å². The van der Waals surface area contributed by atoms with E-state index in [1.165, 1.54) is 4.88 Å². The van der Waals surface area contributed by atoms with E-state index in [1.807, 2.05) is 30.5 Å². The van der Waals surface area contributed by atoms with Crippen molar-refractivity contribution in [3.63, 3.8) is 0 Å². The normalized spacial score (nSPS) is 10.7. The monoisotopic (exact) mass is 215 g/mol. The van der Waals surface area contributed by atoms with Crippen molar-refractivity contribution in [2.24, 2.45) is 0 Å². The second kappa shape index (κ2) is 3.44. The second-order valence-electron chi connectivity index (χ2n) is 3.22. The van der Waals surface area contributed by atoms with Gasteiger partial charge in [0.05, 0.1) is 16.8 Å². The molecule has 3 aromatic heterocycles. The zero-order valence-electron chi connectivity index (χ0n) is 7.94. The lowest BCUT2D eigenvalue weighted by atomic mass is 10.2. The number of hydrogen-bond donors (Lipinski definition) is 1. The first kappa shape index (κ1) is 8.56. The number of H-pyrrole nitrogens is 1. The fourth-order valence-corrected chi connectivity index (χ4v) is 2.38. The average molecular weight is 215 g/mol. The van der Waals surface area contributed by atoms with Gasteiger partial charge < -0.3 is 9.40 Å². The van der Waals surface area contributed by atoms with Crippen LogP contribution in [-0.2, 0) is 0 Å². The summed E-state index contributed by atoms with van der Waals surface area (Å²) in [5, 5.41) is 2.07. The van der Waals surface area contributed by atoms with Gasteiger partial charge in [-0.25, -0.2) is 0 Å². The maximum Gasteiger partial charge on any atom is 0.136 e. The van der Waals surface area contributed by atoms with Crippen LogP contribution in [0.1, 0.15) is 0 Å². The van der Waals surface area contributed by atoms with Crippen LogP contribution in [0.5, 0.6) is 0 Å². The van der Waals surface area contributed by atoms with Crippen LogP contribution < -0.4 is 0 Å². The molecular weight excluding hydrogens is 206 g/mol. The summed E-state index contributed by atoms with van der Waals surface area (Å²) in [5.74, 6) is 0.902. The highest BCUT2D eigenvalue weighted by Crippen LogP contribution is 2.33. The van der Waals surface area contributed by atoms with Crippen LogP contribution >= 0.6 is 11.3 Å². The smallest absolute Gasteiger partial charge is 0.136 e. The molecule has 0 saturated carbocycles. The maximum absolute atomic E-state index is 5.40. The van der Waals surface area contributed by atoms with E-state index in [0.29, 0.717) is 0 Å². The van der Waals surface area contributed by atoms with Crippen molar-refractivity contribution in [3.05, 3.63) is 48.2 Å². The SMILES string of the molecule is c1coc(-c2cc[nH]c2-c2cccs2)c1. The van der Waals surface area contributed by atoms with Crippen molar-refractivity contribution in [2.75, 3.05) is 0 Å². The summed E-state index contributed by atoms with van der Waals surface area (Å²) in [5.41, 5.74) is 2.24. The summed E-state index contributed by atoms with van der Waals surface area (Å²) in [4.78, 5) is 4.47. The predicted octanol–water partition coefficient (Wildman–Crippen LogP) is 4.00. The first-order chi connectivity index (χ1) is 7.45. The van der Waals surface area contributed by atoms with Crippen molar-refractivity contribution in [3.8, 4) is 21.9 Å². The highest BCUT2D eigenvalue weighted by Gasteiger charge is 2.10. The van der Waals surface area contributed by atoms with Crippen LogP contribution in [0.25, 0.3) is 21.9 Å². The zero-order valence-corrected chi connectivity index (χ0v) is 8.75. The molecule has 2 nitrogen and oxygen atoms in total. The summed E-state index contributed by atoms with van der Waals surface area (Å²) >= 11 is 1.72. The third-order valence-corrected chi connectivity index (χ3v) is 3.19. The molecule has 3 aromatic rings. The van der Waals surface area contributed by atoms with E-state index in [4.69, 9.17) is 4.42 Å². The molecule has 1 N–H and O–H groups in total. The van der Waals surface area contributed by atoms with Crippen LogP contribution in [0.15, 0.2) is 52.6 Å². The van der Waals surface area contributed by atoms with Crippen molar-refractivity contribution in [1.82, 2.24) is 4.98 Å². The molecule has 0 aliphatic rings. The van der Waals surface area contributed by atoms with E-state index in [1.54, 1.807) is 17.6 Å². The minimum absolute atomic E-state index is 0.902. The van der Waals surface area contributed by atoms with E-state index in [0.717, 1.165) is 17.0 Å². The highest BCUT2D eigenvalue weighted by molar-refractivity contribution is 7.13. The Bertz CT molecular complexity index is 485. The molecule has 0 saturated heterocycles. The van der Waals surface area contributed by atoms with Gasteiger partial charge in [-0.1, -0.05) is 6.07 Å². The number of furan rings is 1. The van der Waals surface area contributed by atoms with Gasteiger partial charge in [-0.05, 0) is 29.6 Å². The Balaban J connectivity index is 2.15. The van der Waals surface area contributed by atoms with E-state index in [2.05, 4.69) is 16.4 Å². The summed E-state index contributed by atoms with van der Waals surface area (Å²) in [6.07, 6.45) is 3.63. The first-order valence-electron chi connectivity index (χ1n) is 4.70. The molecule has 0 unspecified atom stereocenters. The molecular formula is C12H9NOS. The average Bonchev–Trinajstić information content (AvgIpc) is 3.01. The maximum atomic E-state index is 5.40. The summed E-state index contributed by atoms with van der Waals surface area (Å²) in [6.45, 7) is 0. The minimum Gasteiger partial charge on any atom is -0.464 e. The summed E-state index contributed by atoms with van der Waals surface area (Å²) in [7, 11) is 0. The van der Waals surface area contributed by atoms with E-state index >= 15 is 0 Å². The van der Waals surface area contributed by atoms with Gasteiger partial charge in [0.2, 0.25) is 0 Å². The lowest BCUT2D eigenvalue weighted by Crippen LogP contribution is -1.75. The Kier molecular flexibility index (Phi) is 1.96. The van der Waals surface area contributed by atoms with Gasteiger partial charge in [0.25, 0.3) is 0 Å². The topological polar surface area (TPSA) is 28.9 Å². The first-order valence-corrected chi connectivity index (χ1v) is 5.58. The Morgan fingerprint density at radius 2 is 2.13 bits per heavy atom. The molecule has 0 amide bonds. The zero-order chi connectivity index (χ0) is 10.1. The lowest BCUT2D eigenvalue weighted by Gasteiger charge is -1.97. The van der Waals surface area contributed by atoms with Gasteiger partial charge in [0.1, 0.15) is 5.76 Å². The Morgan fingerprint density at radius 1 is 1.13 bits per heavy atom. The quantitative estimate of drug-likeness (QED) is 0.687. The fraction of sp³-hybridized carbons (Fsp3) is 0. The van der Waals surface area contributed by atoms with E-state index < -0.39 is 0 Å². The number of thiophene rings is 1. The molecule has 0 aliphatic heterocycles. The Labute approximate surface area is 91.2 Å². The minimum atomic E-state index is 0.902. The molecule has 0 aromatic carbocycles. The lowest BCUT2D eigenvalue weighted by molar-refractivity contribution is 0.582. The molecule has 3 rings (SSSR count). The van der Waals surface area contributed by atoms with Crippen LogP contribution in [0, 0.1) is 0 Å². The molecule has 0 radical (unpaired) electrons. The predicted molar refractivity (Wildman–Crippen MR) is 61.8 cm³/mol. The van der Waals surface area contributed by atoms with Gasteiger partial charge in [-0.2, -0.15) is 0 Å². The number of rotatable bonds is 2. The van der Waals surface area contributed by atoms with Crippen LogP contribution in [0.2, 0.25) is 0 Å². The Hall–Kier alpha value is -1.74. The molecule has 0 aliphatic carbocycles. The molecule has 74 valence electrons. The molecule has 15 heavy (non-hydrogen) atoms. The third-order valence-electron chi connectivity index (χ3n) is 2.30. The van der Waals surface area contributed by atoms with Crippen molar-refractivity contribution in [1.29, 1.82) is 0 Å². The number of aromatic nitrogens is 1. The third kappa shape index (κ3) is 1.41. The van der Waals surface area contributed by atoms with E-state index in [-0.39, 0.29) is 0 Å². The second-order valence-corrected chi connectivity index (χ2v) is 4.17. The van der Waals surface area contributed by atoms with Crippen LogP contribution in [-0.4, -0.2) is 4.98 Å². The highest BCUT2D eigenvalue weighted by atomic mass is 32.1. The molecule has 0 bridgehead atoms. The molecule has 3 heterocycles. The molecule has 0 spiro atoms. The van der Waals surface area contributed by atoms with Crippen molar-refractivity contribution in [2.45, 2.75) is 0 Å². The summed E-state index contributed by atoms with van der Waals surface area (Å²) < 4.78 is 5.40.